The zero-order valence-corrected chi connectivity index (χ0v) is 14.1. The summed E-state index contributed by atoms with van der Waals surface area (Å²) < 4.78 is 26.3. The molecule has 0 fully saturated rings. The predicted molar refractivity (Wildman–Crippen MR) is 88.4 cm³/mol. The third-order valence-electron chi connectivity index (χ3n) is 3.54. The summed E-state index contributed by atoms with van der Waals surface area (Å²) in [6.07, 6.45) is 0.312. The van der Waals surface area contributed by atoms with Gasteiger partial charge in [0.1, 0.15) is 5.82 Å². The van der Waals surface area contributed by atoms with E-state index >= 15 is 0 Å². The van der Waals surface area contributed by atoms with E-state index in [1.54, 1.807) is 17.8 Å². The highest BCUT2D eigenvalue weighted by atomic mass is 32.2. The van der Waals surface area contributed by atoms with Gasteiger partial charge >= 0.3 is 0 Å². The van der Waals surface area contributed by atoms with Crippen LogP contribution in [0.2, 0.25) is 0 Å². The van der Waals surface area contributed by atoms with Crippen LogP contribution in [0.1, 0.15) is 19.4 Å². The van der Waals surface area contributed by atoms with Crippen LogP contribution in [-0.4, -0.2) is 24.8 Å². The average molecular weight is 340 g/mol. The van der Waals surface area contributed by atoms with Crippen molar-refractivity contribution in [1.82, 2.24) is 0 Å². The van der Waals surface area contributed by atoms with Crippen LogP contribution in [0.25, 0.3) is 10.1 Å². The monoisotopic (exact) mass is 340 g/mol. The van der Waals surface area contributed by atoms with E-state index in [0.29, 0.717) is 29.7 Å². The first-order chi connectivity index (χ1) is 10.6. The molecule has 1 aliphatic heterocycles. The molecule has 1 atom stereocenters. The molecule has 0 radical (unpaired) electrons. The Morgan fingerprint density at radius 1 is 1.32 bits per heavy atom. The lowest BCUT2D eigenvalue weighted by atomic mass is 10.1. The van der Waals surface area contributed by atoms with Crippen LogP contribution in [-0.2, 0) is 15.9 Å². The lowest BCUT2D eigenvalue weighted by Gasteiger charge is -2.21. The maximum Gasteiger partial charge on any atom is 0.192 e. The van der Waals surface area contributed by atoms with Crippen molar-refractivity contribution in [2.24, 2.45) is 0 Å². The van der Waals surface area contributed by atoms with Crippen molar-refractivity contribution >= 4 is 33.2 Å². The van der Waals surface area contributed by atoms with Gasteiger partial charge in [0.25, 0.3) is 0 Å². The molecular weight excluding hydrogens is 323 g/mol. The van der Waals surface area contributed by atoms with Crippen LogP contribution in [0.15, 0.2) is 27.2 Å². The molecule has 3 nitrogen and oxygen atoms in total. The Morgan fingerprint density at radius 2 is 2.05 bits per heavy atom. The molecular formula is C16H17FO3S2. The van der Waals surface area contributed by atoms with E-state index in [0.717, 1.165) is 9.77 Å². The number of halogens is 1. The lowest BCUT2D eigenvalue weighted by Crippen LogP contribution is -2.30. The van der Waals surface area contributed by atoms with Gasteiger partial charge in [0, 0.05) is 28.9 Å². The summed E-state index contributed by atoms with van der Waals surface area (Å²) in [7, 11) is 0. The number of rotatable bonds is 5. The lowest BCUT2D eigenvalue weighted by molar-refractivity contribution is -0.134. The molecule has 3 rings (SSSR count). The molecule has 118 valence electrons. The number of hydrogen-bond acceptors (Lipinski definition) is 5. The number of fused-ring (bicyclic) bond motifs is 2. The Labute approximate surface area is 136 Å². The molecule has 2 aromatic rings. The smallest absolute Gasteiger partial charge is 0.192 e. The van der Waals surface area contributed by atoms with Crippen molar-refractivity contribution in [2.45, 2.75) is 36.0 Å². The molecule has 0 bridgehead atoms. The van der Waals surface area contributed by atoms with Crippen LogP contribution in [0.3, 0.4) is 0 Å². The topological polar surface area (TPSA) is 35.5 Å². The first-order valence-corrected chi connectivity index (χ1v) is 8.98. The van der Waals surface area contributed by atoms with E-state index in [2.05, 4.69) is 0 Å². The highest BCUT2D eigenvalue weighted by molar-refractivity contribution is 8.02. The van der Waals surface area contributed by atoms with Crippen molar-refractivity contribution in [2.75, 3.05) is 13.2 Å². The van der Waals surface area contributed by atoms with Gasteiger partial charge in [0.2, 0.25) is 0 Å². The fourth-order valence-corrected chi connectivity index (χ4v) is 5.46. The molecule has 0 saturated carbocycles. The number of ether oxygens (including phenoxy) is 2. The van der Waals surface area contributed by atoms with E-state index in [1.807, 2.05) is 13.8 Å². The average Bonchev–Trinajstić information content (AvgIpc) is 2.91. The molecule has 0 aliphatic carbocycles. The zero-order chi connectivity index (χ0) is 15.7. The van der Waals surface area contributed by atoms with Gasteiger partial charge in [0.15, 0.2) is 11.7 Å². The normalized spacial score (nSPS) is 17.4. The quantitative estimate of drug-likeness (QED) is 0.775. The van der Waals surface area contributed by atoms with Crippen LogP contribution in [0.5, 0.6) is 0 Å². The Kier molecular flexibility index (Phi) is 4.82. The molecule has 2 heterocycles. The Bertz CT molecular complexity index is 738. The Balaban J connectivity index is 1.97. The first-order valence-electron chi connectivity index (χ1n) is 7.29. The maximum absolute atomic E-state index is 13.4. The molecule has 6 heteroatoms. The zero-order valence-electron chi connectivity index (χ0n) is 12.4. The van der Waals surface area contributed by atoms with Crippen LogP contribution < -0.4 is 5.43 Å². The summed E-state index contributed by atoms with van der Waals surface area (Å²) in [4.78, 5) is 12.6. The third kappa shape index (κ3) is 2.93. The molecule has 0 amide bonds. The SMILES string of the molecule is CCOC(OCC)C1Cc2c(sc3cc(F)ccc3c2=O)S1. The minimum Gasteiger partial charge on any atom is -0.352 e. The van der Waals surface area contributed by atoms with Crippen LogP contribution in [0, 0.1) is 5.82 Å². The minimum absolute atomic E-state index is 0.00509. The molecule has 0 N–H and O–H groups in total. The van der Waals surface area contributed by atoms with Crippen molar-refractivity contribution < 1.29 is 13.9 Å². The Hall–Kier alpha value is -0.950. The minimum atomic E-state index is -0.321. The van der Waals surface area contributed by atoms with Crippen LogP contribution >= 0.6 is 23.1 Å². The molecule has 1 aromatic carbocycles. The molecule has 1 aliphatic rings. The van der Waals surface area contributed by atoms with E-state index in [-0.39, 0.29) is 22.8 Å². The van der Waals surface area contributed by atoms with E-state index in [4.69, 9.17) is 9.47 Å². The second kappa shape index (κ2) is 6.66. The van der Waals surface area contributed by atoms with Gasteiger partial charge in [-0.3, -0.25) is 4.79 Å². The molecule has 22 heavy (non-hydrogen) atoms. The summed E-state index contributed by atoms with van der Waals surface area (Å²) in [5.41, 5.74) is 0.814. The first kappa shape index (κ1) is 15.9. The standard InChI is InChI=1S/C16H17FO3S2/c1-3-19-15(20-4-2)13-8-11-14(18)10-6-5-9(17)7-12(10)21-16(11)22-13/h5-7,13,15H,3-4,8H2,1-2H3. The highest BCUT2D eigenvalue weighted by Gasteiger charge is 2.33. The van der Waals surface area contributed by atoms with E-state index < -0.39 is 0 Å². The number of hydrogen-bond donors (Lipinski definition) is 0. The molecule has 1 unspecified atom stereocenters. The van der Waals surface area contributed by atoms with Crippen molar-refractivity contribution in [3.8, 4) is 0 Å². The van der Waals surface area contributed by atoms with Gasteiger partial charge < -0.3 is 9.47 Å². The second-order valence-electron chi connectivity index (χ2n) is 4.98. The molecule has 0 saturated heterocycles. The summed E-state index contributed by atoms with van der Waals surface area (Å²) in [6.45, 7) is 4.99. The predicted octanol–water partition coefficient (Wildman–Crippen LogP) is 3.82. The van der Waals surface area contributed by atoms with Gasteiger partial charge in [-0.05, 0) is 38.5 Å². The van der Waals surface area contributed by atoms with E-state index in [1.165, 1.54) is 23.5 Å². The fraction of sp³-hybridized carbons (Fsp3) is 0.438. The van der Waals surface area contributed by atoms with Gasteiger partial charge in [-0.15, -0.1) is 23.1 Å². The second-order valence-corrected chi connectivity index (χ2v) is 7.54. The van der Waals surface area contributed by atoms with Gasteiger partial charge in [0.05, 0.1) is 9.46 Å². The number of thioether (sulfide) groups is 1. The van der Waals surface area contributed by atoms with Gasteiger partial charge in [-0.1, -0.05) is 0 Å². The number of benzene rings is 1. The maximum atomic E-state index is 13.4. The third-order valence-corrected chi connectivity index (χ3v) is 6.22. The largest absolute Gasteiger partial charge is 0.352 e. The Morgan fingerprint density at radius 3 is 2.73 bits per heavy atom. The summed E-state index contributed by atoms with van der Waals surface area (Å²) >= 11 is 3.08. The van der Waals surface area contributed by atoms with Crippen molar-refractivity contribution in [3.05, 3.63) is 39.8 Å². The summed E-state index contributed by atoms with van der Waals surface area (Å²) in [5, 5.41) is 0.663. The van der Waals surface area contributed by atoms with E-state index in [9.17, 15) is 9.18 Å². The van der Waals surface area contributed by atoms with Gasteiger partial charge in [-0.2, -0.15) is 0 Å². The highest BCUT2D eigenvalue weighted by Crippen LogP contribution is 2.42. The van der Waals surface area contributed by atoms with Crippen molar-refractivity contribution in [1.29, 1.82) is 0 Å². The van der Waals surface area contributed by atoms with Gasteiger partial charge in [-0.25, -0.2) is 4.39 Å². The molecule has 0 spiro atoms. The fourth-order valence-electron chi connectivity index (χ4n) is 2.58. The summed E-state index contributed by atoms with van der Waals surface area (Å²) in [6, 6.07) is 4.34. The summed E-state index contributed by atoms with van der Waals surface area (Å²) in [5.74, 6) is -0.316. The van der Waals surface area contributed by atoms with Crippen molar-refractivity contribution in [3.63, 3.8) is 0 Å². The molecule has 1 aromatic heterocycles. The van der Waals surface area contributed by atoms with Crippen LogP contribution in [0.4, 0.5) is 4.39 Å².